The maximum absolute atomic E-state index is 12.8. The highest BCUT2D eigenvalue weighted by Crippen LogP contribution is 2.29. The molecule has 3 rings (SSSR count). The molecule has 2 atom stereocenters. The summed E-state index contributed by atoms with van der Waals surface area (Å²) in [5.74, 6) is -0.203. The average molecular weight is 369 g/mol. The number of carbonyl (C=O) groups is 1. The molecule has 1 amide bonds. The quantitative estimate of drug-likeness (QED) is 0.822. The van der Waals surface area contributed by atoms with E-state index in [1.54, 1.807) is 10.9 Å². The van der Waals surface area contributed by atoms with Crippen molar-refractivity contribution in [3.05, 3.63) is 17.5 Å². The molecule has 0 spiro atoms. The number of nitrogens with zero attached hydrogens (tertiary/aromatic N) is 3. The second-order valence-electron chi connectivity index (χ2n) is 7.10. The molecule has 1 saturated heterocycles. The first-order chi connectivity index (χ1) is 11.8. The molecule has 2 aliphatic rings. The summed E-state index contributed by atoms with van der Waals surface area (Å²) in [6, 6.07) is -0.999. The first kappa shape index (κ1) is 18.3. The predicted molar refractivity (Wildman–Crippen MR) is 93.9 cm³/mol. The van der Waals surface area contributed by atoms with Crippen molar-refractivity contribution in [2.24, 2.45) is 7.05 Å². The number of aryl methyl sites for hydroxylation is 1. The van der Waals surface area contributed by atoms with E-state index in [4.69, 9.17) is 0 Å². The van der Waals surface area contributed by atoms with Crippen molar-refractivity contribution in [1.82, 2.24) is 24.1 Å². The van der Waals surface area contributed by atoms with Crippen molar-refractivity contribution in [2.75, 3.05) is 7.05 Å². The van der Waals surface area contributed by atoms with E-state index in [1.807, 2.05) is 14.0 Å². The Morgan fingerprint density at radius 2 is 1.96 bits per heavy atom. The highest BCUT2D eigenvalue weighted by molar-refractivity contribution is 7.87. The molecule has 0 aromatic carbocycles. The van der Waals surface area contributed by atoms with Crippen molar-refractivity contribution in [3.63, 3.8) is 0 Å². The van der Waals surface area contributed by atoms with Crippen molar-refractivity contribution < 1.29 is 13.2 Å². The summed E-state index contributed by atoms with van der Waals surface area (Å²) in [6.45, 7) is 1.89. The molecule has 1 aliphatic carbocycles. The van der Waals surface area contributed by atoms with Gasteiger partial charge in [0.15, 0.2) is 0 Å². The number of aromatic nitrogens is 2. The molecule has 8 nitrogen and oxygen atoms in total. The van der Waals surface area contributed by atoms with Crippen molar-refractivity contribution in [3.8, 4) is 0 Å². The molecular formula is C16H27N5O3S. The Morgan fingerprint density at radius 1 is 1.28 bits per heavy atom. The SMILES string of the molecule is Cc1c([C@H]2C[C@H](C(=O)NC3CCCCC3)N(C)S(=O)(=O)N2)cnn1C. The molecule has 2 N–H and O–H groups in total. The molecule has 2 heterocycles. The predicted octanol–water partition coefficient (Wildman–Crippen LogP) is 0.757. The van der Waals surface area contributed by atoms with Gasteiger partial charge in [0.2, 0.25) is 5.91 Å². The fourth-order valence-electron chi connectivity index (χ4n) is 3.71. The van der Waals surface area contributed by atoms with Crippen LogP contribution in [0.2, 0.25) is 0 Å². The third-order valence-electron chi connectivity index (χ3n) is 5.47. The van der Waals surface area contributed by atoms with E-state index < -0.39 is 22.3 Å². The molecule has 0 unspecified atom stereocenters. The van der Waals surface area contributed by atoms with Gasteiger partial charge in [-0.25, -0.2) is 0 Å². The normalized spacial score (nSPS) is 28.0. The van der Waals surface area contributed by atoms with Gasteiger partial charge in [-0.15, -0.1) is 0 Å². The van der Waals surface area contributed by atoms with Crippen LogP contribution in [0.1, 0.15) is 55.8 Å². The number of hydrogen-bond donors (Lipinski definition) is 2. The first-order valence-electron chi connectivity index (χ1n) is 8.83. The van der Waals surface area contributed by atoms with Gasteiger partial charge in [0, 0.05) is 31.4 Å². The summed E-state index contributed by atoms with van der Waals surface area (Å²) in [7, 11) is -0.443. The van der Waals surface area contributed by atoms with Crippen LogP contribution in [-0.4, -0.2) is 47.5 Å². The molecule has 9 heteroatoms. The fourth-order valence-corrected chi connectivity index (χ4v) is 4.98. The van der Waals surface area contributed by atoms with Crippen LogP contribution in [0.25, 0.3) is 0 Å². The molecule has 140 valence electrons. The first-order valence-corrected chi connectivity index (χ1v) is 10.3. The molecule has 0 bridgehead atoms. The Labute approximate surface area is 149 Å². The van der Waals surface area contributed by atoms with Crippen LogP contribution in [0.3, 0.4) is 0 Å². The van der Waals surface area contributed by atoms with Crippen molar-refractivity contribution >= 4 is 16.1 Å². The highest BCUT2D eigenvalue weighted by Gasteiger charge is 2.41. The number of rotatable bonds is 3. The standard InChI is InChI=1S/C16H27N5O3S/c1-11-13(10-17-20(11)2)14-9-15(21(3)25(23,24)19-14)16(22)18-12-7-5-4-6-8-12/h10,12,14-15,19H,4-9H2,1-3H3,(H,18,22)/t14-,15-/m1/s1. The summed E-state index contributed by atoms with van der Waals surface area (Å²) in [6.07, 6.45) is 7.43. The van der Waals surface area contributed by atoms with Gasteiger partial charge in [-0.1, -0.05) is 19.3 Å². The maximum Gasteiger partial charge on any atom is 0.280 e. The monoisotopic (exact) mass is 369 g/mol. The summed E-state index contributed by atoms with van der Waals surface area (Å²) >= 11 is 0. The lowest BCUT2D eigenvalue weighted by Gasteiger charge is -2.37. The van der Waals surface area contributed by atoms with Gasteiger partial charge >= 0.3 is 0 Å². The van der Waals surface area contributed by atoms with Crippen LogP contribution >= 0.6 is 0 Å². The Balaban J connectivity index is 1.79. The zero-order valence-corrected chi connectivity index (χ0v) is 15.8. The van der Waals surface area contributed by atoms with Crippen LogP contribution in [0.15, 0.2) is 6.20 Å². The molecule has 2 fully saturated rings. The summed E-state index contributed by atoms with van der Waals surface area (Å²) in [5, 5.41) is 7.24. The third-order valence-corrected chi connectivity index (χ3v) is 7.07. The number of amides is 1. The molecule has 0 radical (unpaired) electrons. The van der Waals surface area contributed by atoms with Crippen LogP contribution in [-0.2, 0) is 22.1 Å². The van der Waals surface area contributed by atoms with E-state index in [9.17, 15) is 13.2 Å². The third kappa shape index (κ3) is 3.73. The fraction of sp³-hybridized carbons (Fsp3) is 0.750. The zero-order chi connectivity index (χ0) is 18.2. The number of likely N-dealkylation sites (N-methyl/N-ethyl adjacent to an activating group) is 1. The van der Waals surface area contributed by atoms with Crippen LogP contribution in [0, 0.1) is 6.92 Å². The Bertz CT molecular complexity index is 739. The van der Waals surface area contributed by atoms with E-state index in [0.717, 1.165) is 41.2 Å². The maximum atomic E-state index is 12.8. The summed E-state index contributed by atoms with van der Waals surface area (Å²) in [5.41, 5.74) is 1.71. The Kier molecular flexibility index (Phi) is 5.17. The molecule has 1 aliphatic heterocycles. The Hall–Kier alpha value is -1.45. The number of nitrogens with one attached hydrogen (secondary N) is 2. The van der Waals surface area contributed by atoms with Crippen LogP contribution < -0.4 is 10.0 Å². The summed E-state index contributed by atoms with van der Waals surface area (Å²) in [4.78, 5) is 12.8. The van der Waals surface area contributed by atoms with Crippen LogP contribution in [0.5, 0.6) is 0 Å². The van der Waals surface area contributed by atoms with Gasteiger partial charge in [0.1, 0.15) is 6.04 Å². The lowest BCUT2D eigenvalue weighted by molar-refractivity contribution is -0.126. The average Bonchev–Trinajstić information content (AvgIpc) is 2.90. The van der Waals surface area contributed by atoms with Gasteiger partial charge < -0.3 is 5.32 Å². The lowest BCUT2D eigenvalue weighted by Crippen LogP contribution is -2.58. The van der Waals surface area contributed by atoms with E-state index in [1.165, 1.54) is 13.5 Å². The minimum absolute atomic E-state index is 0.158. The molecule has 25 heavy (non-hydrogen) atoms. The van der Waals surface area contributed by atoms with Crippen molar-refractivity contribution in [1.29, 1.82) is 0 Å². The summed E-state index contributed by atoms with van der Waals surface area (Å²) < 4.78 is 30.5. The molecular weight excluding hydrogens is 342 g/mol. The number of hydrogen-bond acceptors (Lipinski definition) is 4. The second kappa shape index (κ2) is 7.05. The molecule has 1 aromatic rings. The highest BCUT2D eigenvalue weighted by atomic mass is 32.2. The minimum Gasteiger partial charge on any atom is -0.352 e. The van der Waals surface area contributed by atoms with E-state index in [2.05, 4.69) is 15.1 Å². The van der Waals surface area contributed by atoms with Gasteiger partial charge in [0.05, 0.1) is 12.2 Å². The van der Waals surface area contributed by atoms with Gasteiger partial charge in [-0.05, 0) is 26.2 Å². The van der Waals surface area contributed by atoms with E-state index in [-0.39, 0.29) is 11.9 Å². The van der Waals surface area contributed by atoms with E-state index >= 15 is 0 Å². The topological polar surface area (TPSA) is 96.3 Å². The smallest absolute Gasteiger partial charge is 0.280 e. The molecule has 1 saturated carbocycles. The largest absolute Gasteiger partial charge is 0.352 e. The molecule has 1 aromatic heterocycles. The minimum atomic E-state index is -3.72. The van der Waals surface area contributed by atoms with E-state index in [0.29, 0.717) is 6.42 Å². The van der Waals surface area contributed by atoms with Crippen molar-refractivity contribution in [2.45, 2.75) is 63.6 Å². The van der Waals surface area contributed by atoms with Gasteiger partial charge in [0.25, 0.3) is 10.2 Å². The lowest BCUT2D eigenvalue weighted by atomic mass is 9.94. The Morgan fingerprint density at radius 3 is 2.56 bits per heavy atom. The number of carbonyl (C=O) groups excluding carboxylic acids is 1. The second-order valence-corrected chi connectivity index (χ2v) is 8.86. The van der Waals surface area contributed by atoms with Crippen LogP contribution in [0.4, 0.5) is 0 Å². The zero-order valence-electron chi connectivity index (χ0n) is 15.0. The van der Waals surface area contributed by atoms with Gasteiger partial charge in [-0.2, -0.15) is 22.5 Å². The van der Waals surface area contributed by atoms with Gasteiger partial charge in [-0.3, -0.25) is 9.48 Å².